The monoisotopic (exact) mass is 258 g/mol. The van der Waals surface area contributed by atoms with E-state index < -0.39 is 5.97 Å². The molecule has 0 aromatic heterocycles. The fourth-order valence-corrected chi connectivity index (χ4v) is 1.18. The van der Waals surface area contributed by atoms with Crippen LogP contribution < -0.4 is 0 Å². The van der Waals surface area contributed by atoms with E-state index in [1.54, 1.807) is 6.07 Å². The van der Waals surface area contributed by atoms with Crippen molar-refractivity contribution in [1.82, 2.24) is 0 Å². The summed E-state index contributed by atoms with van der Waals surface area (Å²) in [4.78, 5) is 10.6. The third-order valence-corrected chi connectivity index (χ3v) is 2.09. The van der Waals surface area contributed by atoms with Gasteiger partial charge in [-0.1, -0.05) is 26.8 Å². The van der Waals surface area contributed by atoms with Crippen LogP contribution >= 0.6 is 0 Å². The third-order valence-electron chi connectivity index (χ3n) is 2.09. The second-order valence-corrected chi connectivity index (χ2v) is 4.29. The average molecular weight is 260 g/mol. The van der Waals surface area contributed by atoms with Gasteiger partial charge in [0.15, 0.2) is 0 Å². The van der Waals surface area contributed by atoms with Crippen LogP contribution in [0.1, 0.15) is 36.7 Å². The number of carbonyl (C=O) groups is 1. The Balaban J connectivity index is 0.00000196. The predicted molar refractivity (Wildman–Crippen MR) is 53.8 cm³/mol. The van der Waals surface area contributed by atoms with E-state index in [-0.39, 0.29) is 36.2 Å². The van der Waals surface area contributed by atoms with E-state index in [9.17, 15) is 9.90 Å². The molecule has 2 N–H and O–H groups in total. The Kier molecular flexibility index (Phi) is 4.48. The van der Waals surface area contributed by atoms with Crippen LogP contribution in [0.25, 0.3) is 0 Å². The minimum Gasteiger partial charge on any atom is -0.507 e. The summed E-state index contributed by atoms with van der Waals surface area (Å²) in [6.07, 6.45) is 0. The molecule has 0 amide bonds. The van der Waals surface area contributed by atoms with E-state index in [1.807, 2.05) is 20.8 Å². The Hall–Kier alpha value is -0.887. The summed E-state index contributed by atoms with van der Waals surface area (Å²) in [6, 6.07) is 4.66. The molecule has 0 saturated heterocycles. The normalized spacial score (nSPS) is 10.6. The summed E-state index contributed by atoms with van der Waals surface area (Å²) in [7, 11) is 0. The largest absolute Gasteiger partial charge is 0.507 e. The molecule has 0 saturated carbocycles. The van der Waals surface area contributed by atoms with Crippen LogP contribution in [0.2, 0.25) is 0 Å². The maximum atomic E-state index is 10.6. The third kappa shape index (κ3) is 3.31. The number of hydrogen-bond donors (Lipinski definition) is 2. The Morgan fingerprint density at radius 2 is 1.80 bits per heavy atom. The summed E-state index contributed by atoms with van der Waals surface area (Å²) in [5.41, 5.74) is 0.770. The molecule has 0 spiro atoms. The van der Waals surface area contributed by atoms with Crippen LogP contribution in [-0.4, -0.2) is 16.2 Å². The number of aromatic hydroxyl groups is 1. The van der Waals surface area contributed by atoms with Crippen molar-refractivity contribution < 1.29 is 34.5 Å². The van der Waals surface area contributed by atoms with Crippen molar-refractivity contribution in [2.75, 3.05) is 0 Å². The molecule has 78 valence electrons. The second kappa shape index (κ2) is 4.76. The summed E-state index contributed by atoms with van der Waals surface area (Å²) >= 11 is 0. The molecule has 0 heterocycles. The molecule has 0 bridgehead atoms. The van der Waals surface area contributed by atoms with Gasteiger partial charge < -0.3 is 10.2 Å². The van der Waals surface area contributed by atoms with Gasteiger partial charge in [-0.15, -0.1) is 0 Å². The minimum atomic E-state index is -1.11. The van der Waals surface area contributed by atoms with E-state index in [0.717, 1.165) is 5.56 Å². The number of rotatable bonds is 1. The van der Waals surface area contributed by atoms with E-state index in [2.05, 4.69) is 0 Å². The maximum absolute atomic E-state index is 10.6. The second-order valence-electron chi connectivity index (χ2n) is 4.29. The smallest absolute Gasteiger partial charge is 0.339 e. The Morgan fingerprint density at radius 1 is 1.27 bits per heavy atom. The SMILES string of the molecule is CC(C)(C)c1ccc(C(=O)O)c(O)c1.[Zn]. The topological polar surface area (TPSA) is 57.5 Å². The first kappa shape index (κ1) is 14.1. The molecule has 1 aromatic rings. The zero-order chi connectivity index (χ0) is 10.9. The van der Waals surface area contributed by atoms with Crippen molar-refractivity contribution >= 4 is 5.97 Å². The zero-order valence-corrected chi connectivity index (χ0v) is 12.2. The molecular formula is C11H14O3Zn. The molecule has 0 aliphatic rings. The van der Waals surface area contributed by atoms with Crippen molar-refractivity contribution in [2.45, 2.75) is 26.2 Å². The summed E-state index contributed by atoms with van der Waals surface area (Å²) < 4.78 is 0. The van der Waals surface area contributed by atoms with Crippen LogP contribution in [0.4, 0.5) is 0 Å². The van der Waals surface area contributed by atoms with Crippen LogP contribution in [0.15, 0.2) is 18.2 Å². The number of benzene rings is 1. The van der Waals surface area contributed by atoms with Gasteiger partial charge in [0.2, 0.25) is 0 Å². The first-order valence-electron chi connectivity index (χ1n) is 4.39. The van der Waals surface area contributed by atoms with E-state index in [1.165, 1.54) is 12.1 Å². The van der Waals surface area contributed by atoms with Gasteiger partial charge in [-0.25, -0.2) is 4.79 Å². The van der Waals surface area contributed by atoms with E-state index in [4.69, 9.17) is 5.11 Å². The molecule has 3 nitrogen and oxygen atoms in total. The first-order chi connectivity index (χ1) is 6.32. The van der Waals surface area contributed by atoms with Gasteiger partial charge in [-0.05, 0) is 23.1 Å². The fraction of sp³-hybridized carbons (Fsp3) is 0.364. The Morgan fingerprint density at radius 3 is 2.13 bits per heavy atom. The van der Waals surface area contributed by atoms with Gasteiger partial charge in [0, 0.05) is 19.5 Å². The molecule has 0 fully saturated rings. The molecule has 0 atom stereocenters. The Bertz CT molecular complexity index is 367. The molecule has 15 heavy (non-hydrogen) atoms. The van der Waals surface area contributed by atoms with Gasteiger partial charge in [0.1, 0.15) is 11.3 Å². The molecule has 0 aliphatic heterocycles. The van der Waals surface area contributed by atoms with Crippen molar-refractivity contribution in [1.29, 1.82) is 0 Å². The van der Waals surface area contributed by atoms with E-state index >= 15 is 0 Å². The van der Waals surface area contributed by atoms with Gasteiger partial charge in [-0.3, -0.25) is 0 Å². The van der Waals surface area contributed by atoms with Crippen molar-refractivity contribution in [3.8, 4) is 5.75 Å². The number of phenols is 1. The van der Waals surface area contributed by atoms with Gasteiger partial charge in [0.25, 0.3) is 0 Å². The van der Waals surface area contributed by atoms with Crippen LogP contribution in [0.3, 0.4) is 0 Å². The van der Waals surface area contributed by atoms with Crippen molar-refractivity contribution in [3.05, 3.63) is 29.3 Å². The van der Waals surface area contributed by atoms with Gasteiger partial charge >= 0.3 is 5.97 Å². The van der Waals surface area contributed by atoms with Crippen LogP contribution in [0.5, 0.6) is 5.75 Å². The minimum absolute atomic E-state index is 0. The Labute approximate surface area is 102 Å². The molecular weight excluding hydrogens is 246 g/mol. The number of carboxylic acids is 1. The predicted octanol–water partition coefficient (Wildman–Crippen LogP) is 2.39. The molecule has 0 unspecified atom stereocenters. The van der Waals surface area contributed by atoms with E-state index in [0.29, 0.717) is 0 Å². The van der Waals surface area contributed by atoms with Crippen molar-refractivity contribution in [2.24, 2.45) is 0 Å². The van der Waals surface area contributed by atoms with Crippen molar-refractivity contribution in [3.63, 3.8) is 0 Å². The molecule has 1 aromatic carbocycles. The molecule has 4 heteroatoms. The van der Waals surface area contributed by atoms with Gasteiger partial charge in [0.05, 0.1) is 0 Å². The zero-order valence-electron chi connectivity index (χ0n) is 9.24. The quantitative estimate of drug-likeness (QED) is 0.762. The van der Waals surface area contributed by atoms with Crippen LogP contribution in [-0.2, 0) is 24.9 Å². The van der Waals surface area contributed by atoms with Gasteiger partial charge in [-0.2, -0.15) is 0 Å². The summed E-state index contributed by atoms with van der Waals surface area (Å²) in [5.74, 6) is -1.28. The first-order valence-corrected chi connectivity index (χ1v) is 4.39. The average Bonchev–Trinajstić information content (AvgIpc) is 2.01. The number of aromatic carboxylic acids is 1. The molecule has 1 rings (SSSR count). The van der Waals surface area contributed by atoms with Crippen LogP contribution in [0, 0.1) is 0 Å². The summed E-state index contributed by atoms with van der Waals surface area (Å²) in [5, 5.41) is 18.1. The standard InChI is InChI=1S/C11H14O3.Zn/c1-11(2,3)7-4-5-8(10(13)14)9(12)6-7;/h4-6,12H,1-3H3,(H,13,14);. The maximum Gasteiger partial charge on any atom is 0.339 e. The molecule has 0 aliphatic carbocycles. The number of hydrogen-bond acceptors (Lipinski definition) is 2. The molecule has 0 radical (unpaired) electrons. The number of carboxylic acid groups (broad SMARTS) is 1. The summed E-state index contributed by atoms with van der Waals surface area (Å²) in [6.45, 7) is 6.01. The fourth-order valence-electron chi connectivity index (χ4n) is 1.18.